The Kier molecular flexibility index (Phi) is 2.70. The number of furan rings is 1. The molecule has 0 fully saturated rings. The van der Waals surface area contributed by atoms with Gasteiger partial charge in [0.05, 0.1) is 6.07 Å². The maximum absolute atomic E-state index is 10.7. The third-order valence-electron chi connectivity index (χ3n) is 1.63. The van der Waals surface area contributed by atoms with Crippen molar-refractivity contribution >= 4 is 5.97 Å². The highest BCUT2D eigenvalue weighted by atomic mass is 16.4. The highest BCUT2D eigenvalue weighted by Crippen LogP contribution is 2.16. The van der Waals surface area contributed by atoms with Crippen molar-refractivity contribution in [1.82, 2.24) is 0 Å². The first-order valence-corrected chi connectivity index (χ1v) is 3.84. The van der Waals surface area contributed by atoms with Crippen molar-refractivity contribution in [1.29, 1.82) is 5.26 Å². The summed E-state index contributed by atoms with van der Waals surface area (Å²) >= 11 is 0. The molecular formula is C9H9NO3. The molecule has 0 spiro atoms. The van der Waals surface area contributed by atoms with Gasteiger partial charge in [-0.3, -0.25) is 0 Å². The Labute approximate surface area is 75.4 Å². The molecule has 0 atom stereocenters. The second-order valence-electron chi connectivity index (χ2n) is 2.66. The molecule has 1 aromatic rings. The molecule has 0 saturated carbocycles. The summed E-state index contributed by atoms with van der Waals surface area (Å²) in [7, 11) is 0. The maximum Gasteiger partial charge on any atom is 0.339 e. The van der Waals surface area contributed by atoms with Crippen molar-refractivity contribution in [3.8, 4) is 6.07 Å². The van der Waals surface area contributed by atoms with E-state index in [1.807, 2.05) is 6.07 Å². The standard InChI is InChI=1S/C9H9NO3/c1-6-5-7(9(11)12)8(13-6)3-2-4-10/h5H,2-3H2,1H3,(H,11,12). The Bertz CT molecular complexity index is 359. The predicted octanol–water partition coefficient (Wildman–Crippen LogP) is 1.74. The summed E-state index contributed by atoms with van der Waals surface area (Å²) in [6.07, 6.45) is 0.624. The molecule has 1 N–H and O–H groups in total. The Morgan fingerprint density at radius 1 is 1.77 bits per heavy atom. The van der Waals surface area contributed by atoms with E-state index >= 15 is 0 Å². The summed E-state index contributed by atoms with van der Waals surface area (Å²) in [4.78, 5) is 10.7. The van der Waals surface area contributed by atoms with Crippen LogP contribution < -0.4 is 0 Å². The Hall–Kier alpha value is -1.76. The number of aromatic carboxylic acids is 1. The van der Waals surface area contributed by atoms with Crippen molar-refractivity contribution in [2.75, 3.05) is 0 Å². The summed E-state index contributed by atoms with van der Waals surface area (Å²) in [5.74, 6) is -0.0679. The summed E-state index contributed by atoms with van der Waals surface area (Å²) in [5, 5.41) is 17.1. The number of rotatable bonds is 3. The largest absolute Gasteiger partial charge is 0.478 e. The Morgan fingerprint density at radius 2 is 2.46 bits per heavy atom. The third kappa shape index (κ3) is 2.09. The zero-order valence-electron chi connectivity index (χ0n) is 7.20. The van der Waals surface area contributed by atoms with Gasteiger partial charge in [0.2, 0.25) is 0 Å². The molecule has 1 heterocycles. The number of carbonyl (C=O) groups is 1. The van der Waals surface area contributed by atoms with Crippen LogP contribution in [0.4, 0.5) is 0 Å². The number of hydrogen-bond acceptors (Lipinski definition) is 3. The second kappa shape index (κ2) is 3.76. The van der Waals surface area contributed by atoms with Crippen LogP contribution in [0.15, 0.2) is 10.5 Å². The van der Waals surface area contributed by atoms with Crippen molar-refractivity contribution in [3.63, 3.8) is 0 Å². The molecule has 0 aliphatic rings. The summed E-state index contributed by atoms with van der Waals surface area (Å²) in [6, 6.07) is 3.41. The van der Waals surface area contributed by atoms with Crippen LogP contribution >= 0.6 is 0 Å². The molecule has 0 aliphatic carbocycles. The van der Waals surface area contributed by atoms with Gasteiger partial charge < -0.3 is 9.52 Å². The molecule has 0 unspecified atom stereocenters. The Morgan fingerprint density at radius 3 is 3.00 bits per heavy atom. The zero-order chi connectivity index (χ0) is 9.84. The number of aryl methyl sites for hydroxylation is 2. The summed E-state index contributed by atoms with van der Waals surface area (Å²) in [6.45, 7) is 1.68. The van der Waals surface area contributed by atoms with Gasteiger partial charge in [0.15, 0.2) is 0 Å². The predicted molar refractivity (Wildman–Crippen MR) is 44.3 cm³/mol. The lowest BCUT2D eigenvalue weighted by Crippen LogP contribution is -1.98. The highest BCUT2D eigenvalue weighted by molar-refractivity contribution is 5.88. The van der Waals surface area contributed by atoms with E-state index in [0.29, 0.717) is 17.9 Å². The molecule has 0 radical (unpaired) electrons. The van der Waals surface area contributed by atoms with Gasteiger partial charge in [0.1, 0.15) is 17.1 Å². The van der Waals surface area contributed by atoms with Gasteiger partial charge >= 0.3 is 5.97 Å². The van der Waals surface area contributed by atoms with Gasteiger partial charge in [-0.15, -0.1) is 0 Å². The van der Waals surface area contributed by atoms with Gasteiger partial charge in [-0.05, 0) is 13.0 Å². The van der Waals surface area contributed by atoms with Crippen molar-refractivity contribution in [2.24, 2.45) is 0 Å². The number of hydrogen-bond donors (Lipinski definition) is 1. The minimum absolute atomic E-state index is 0.160. The average molecular weight is 179 g/mol. The fraction of sp³-hybridized carbons (Fsp3) is 0.333. The van der Waals surface area contributed by atoms with Crippen molar-refractivity contribution < 1.29 is 14.3 Å². The minimum atomic E-state index is -1.01. The third-order valence-corrected chi connectivity index (χ3v) is 1.63. The van der Waals surface area contributed by atoms with Crippen LogP contribution in [0.5, 0.6) is 0 Å². The molecule has 0 saturated heterocycles. The van der Waals surface area contributed by atoms with E-state index in [1.54, 1.807) is 6.92 Å². The van der Waals surface area contributed by atoms with E-state index in [1.165, 1.54) is 6.07 Å². The van der Waals surface area contributed by atoms with Gasteiger partial charge in [-0.25, -0.2) is 4.79 Å². The number of carboxylic acid groups (broad SMARTS) is 1. The monoisotopic (exact) mass is 179 g/mol. The lowest BCUT2D eigenvalue weighted by Gasteiger charge is -1.92. The van der Waals surface area contributed by atoms with E-state index in [4.69, 9.17) is 14.8 Å². The van der Waals surface area contributed by atoms with Crippen molar-refractivity contribution in [3.05, 3.63) is 23.2 Å². The SMILES string of the molecule is Cc1cc(C(=O)O)c(CCC#N)o1. The first-order valence-electron chi connectivity index (χ1n) is 3.84. The Balaban J connectivity index is 2.92. The minimum Gasteiger partial charge on any atom is -0.478 e. The van der Waals surface area contributed by atoms with E-state index in [2.05, 4.69) is 0 Å². The number of nitriles is 1. The zero-order valence-corrected chi connectivity index (χ0v) is 7.20. The molecule has 68 valence electrons. The van der Waals surface area contributed by atoms with Crippen LogP contribution in [0.1, 0.15) is 28.3 Å². The van der Waals surface area contributed by atoms with E-state index in [9.17, 15) is 4.79 Å². The maximum atomic E-state index is 10.7. The summed E-state index contributed by atoms with van der Waals surface area (Å²) < 4.78 is 5.15. The smallest absolute Gasteiger partial charge is 0.339 e. The average Bonchev–Trinajstić information content (AvgIpc) is 2.43. The van der Waals surface area contributed by atoms with Crippen LogP contribution in [0.3, 0.4) is 0 Å². The fourth-order valence-corrected chi connectivity index (χ4v) is 1.10. The van der Waals surface area contributed by atoms with Crippen LogP contribution in [-0.4, -0.2) is 11.1 Å². The molecular weight excluding hydrogens is 170 g/mol. The molecule has 0 aromatic carbocycles. The number of carboxylic acids is 1. The molecule has 1 rings (SSSR count). The molecule has 4 nitrogen and oxygen atoms in total. The van der Waals surface area contributed by atoms with Gasteiger partial charge in [-0.1, -0.05) is 0 Å². The quantitative estimate of drug-likeness (QED) is 0.766. The van der Waals surface area contributed by atoms with Gasteiger partial charge in [-0.2, -0.15) is 5.26 Å². The lowest BCUT2D eigenvalue weighted by atomic mass is 10.2. The van der Waals surface area contributed by atoms with E-state index in [-0.39, 0.29) is 12.0 Å². The van der Waals surface area contributed by atoms with Crippen LogP contribution in [-0.2, 0) is 6.42 Å². The molecule has 1 aromatic heterocycles. The van der Waals surface area contributed by atoms with Gasteiger partial charge in [0, 0.05) is 12.8 Å². The molecule has 4 heteroatoms. The van der Waals surface area contributed by atoms with E-state index in [0.717, 1.165) is 0 Å². The molecule has 0 aliphatic heterocycles. The highest BCUT2D eigenvalue weighted by Gasteiger charge is 2.14. The second-order valence-corrected chi connectivity index (χ2v) is 2.66. The lowest BCUT2D eigenvalue weighted by molar-refractivity contribution is 0.0694. The van der Waals surface area contributed by atoms with Crippen LogP contribution in [0.25, 0.3) is 0 Å². The van der Waals surface area contributed by atoms with Crippen LogP contribution in [0.2, 0.25) is 0 Å². The molecule has 0 amide bonds. The normalized spacial score (nSPS) is 9.54. The van der Waals surface area contributed by atoms with Gasteiger partial charge in [0.25, 0.3) is 0 Å². The molecule has 0 bridgehead atoms. The first kappa shape index (κ1) is 9.33. The van der Waals surface area contributed by atoms with Crippen LogP contribution in [0, 0.1) is 18.3 Å². The van der Waals surface area contributed by atoms with E-state index < -0.39 is 5.97 Å². The first-order chi connectivity index (χ1) is 6.15. The fourth-order valence-electron chi connectivity index (χ4n) is 1.10. The molecule has 13 heavy (non-hydrogen) atoms. The van der Waals surface area contributed by atoms with Crippen molar-refractivity contribution in [2.45, 2.75) is 19.8 Å². The topological polar surface area (TPSA) is 74.2 Å². The number of nitrogens with zero attached hydrogens (tertiary/aromatic N) is 1. The summed E-state index contributed by atoms with van der Waals surface area (Å²) in [5.41, 5.74) is 0.160.